The predicted octanol–water partition coefficient (Wildman–Crippen LogP) is 1.08. The van der Waals surface area contributed by atoms with Crippen LogP contribution in [-0.2, 0) is 14.6 Å². The van der Waals surface area contributed by atoms with Crippen LogP contribution in [0.2, 0.25) is 0 Å². The summed E-state index contributed by atoms with van der Waals surface area (Å²) in [6.45, 7) is 6.53. The Bertz CT molecular complexity index is 685. The first-order valence-electron chi connectivity index (χ1n) is 9.35. The maximum atomic E-state index is 12.9. The van der Waals surface area contributed by atoms with Gasteiger partial charge in [-0.15, -0.1) is 11.3 Å². The van der Waals surface area contributed by atoms with Crippen molar-refractivity contribution in [3.05, 3.63) is 11.6 Å². The Kier molecular flexibility index (Phi) is 6.52. The molecule has 0 N–H and O–H groups in total. The van der Waals surface area contributed by atoms with Gasteiger partial charge in [-0.1, -0.05) is 13.3 Å². The topological polar surface area (TPSA) is 73.8 Å². The molecule has 0 bridgehead atoms. The van der Waals surface area contributed by atoms with Crippen LogP contribution in [0.15, 0.2) is 11.6 Å². The van der Waals surface area contributed by atoms with Crippen molar-refractivity contribution in [3.63, 3.8) is 0 Å². The van der Waals surface area contributed by atoms with Gasteiger partial charge in [0.15, 0.2) is 15.0 Å². The van der Waals surface area contributed by atoms with Gasteiger partial charge in [0.1, 0.15) is 0 Å². The number of hydrogen-bond donors (Lipinski definition) is 0. The van der Waals surface area contributed by atoms with E-state index in [-0.39, 0.29) is 23.5 Å². The summed E-state index contributed by atoms with van der Waals surface area (Å²) in [6, 6.07) is -0.143. The highest BCUT2D eigenvalue weighted by atomic mass is 32.2. The van der Waals surface area contributed by atoms with Gasteiger partial charge in [0.25, 0.3) is 0 Å². The molecular formula is C17H28N4O3S2. The highest BCUT2D eigenvalue weighted by molar-refractivity contribution is 7.91. The summed E-state index contributed by atoms with van der Waals surface area (Å²) < 4.78 is 23.6. The Balaban J connectivity index is 1.54. The predicted molar refractivity (Wildman–Crippen MR) is 104 cm³/mol. The molecule has 2 fully saturated rings. The van der Waals surface area contributed by atoms with Crippen LogP contribution in [0.4, 0.5) is 5.13 Å². The quantitative estimate of drug-likeness (QED) is 0.682. The second-order valence-corrected chi connectivity index (χ2v) is 10.2. The van der Waals surface area contributed by atoms with Crippen LogP contribution in [0.1, 0.15) is 26.2 Å². The molecule has 1 aromatic rings. The summed E-state index contributed by atoms with van der Waals surface area (Å²) in [5.41, 5.74) is 0. The second-order valence-electron chi connectivity index (χ2n) is 7.08. The number of amides is 1. The van der Waals surface area contributed by atoms with Crippen molar-refractivity contribution >= 4 is 32.2 Å². The highest BCUT2D eigenvalue weighted by Crippen LogP contribution is 2.21. The molecule has 7 nitrogen and oxygen atoms in total. The highest BCUT2D eigenvalue weighted by Gasteiger charge is 2.35. The SMILES string of the molecule is CCCCN(C(=O)CN1CCN(c2nccs2)CC1)[C@@H]1CCS(=O)(=O)C1. The van der Waals surface area contributed by atoms with E-state index in [1.165, 1.54) is 0 Å². The number of carbonyl (C=O) groups excluding carboxylic acids is 1. The van der Waals surface area contributed by atoms with E-state index in [1.807, 2.05) is 16.5 Å². The fourth-order valence-electron chi connectivity index (χ4n) is 3.61. The first kappa shape index (κ1) is 19.6. The summed E-state index contributed by atoms with van der Waals surface area (Å²) in [5, 5.41) is 3.02. The Morgan fingerprint density at radius 1 is 1.35 bits per heavy atom. The zero-order valence-electron chi connectivity index (χ0n) is 15.3. The number of anilines is 1. The molecule has 1 aromatic heterocycles. The van der Waals surface area contributed by atoms with E-state index in [0.717, 1.165) is 44.2 Å². The number of unbranched alkanes of at least 4 members (excludes halogenated alkanes) is 1. The molecule has 0 saturated carbocycles. The van der Waals surface area contributed by atoms with Gasteiger partial charge in [-0.3, -0.25) is 9.69 Å². The first-order valence-corrected chi connectivity index (χ1v) is 12.1. The van der Waals surface area contributed by atoms with E-state index in [2.05, 4.69) is 21.7 Å². The minimum absolute atomic E-state index is 0.0725. The Morgan fingerprint density at radius 3 is 2.69 bits per heavy atom. The van der Waals surface area contributed by atoms with E-state index in [9.17, 15) is 13.2 Å². The van der Waals surface area contributed by atoms with Gasteiger partial charge in [-0.2, -0.15) is 0 Å². The van der Waals surface area contributed by atoms with Crippen LogP contribution in [0.3, 0.4) is 0 Å². The summed E-state index contributed by atoms with van der Waals surface area (Å²) in [6.07, 6.45) is 4.31. The van der Waals surface area contributed by atoms with Crippen molar-refractivity contribution in [3.8, 4) is 0 Å². The molecule has 0 radical (unpaired) electrons. The lowest BCUT2D eigenvalue weighted by Gasteiger charge is -2.36. The van der Waals surface area contributed by atoms with Gasteiger partial charge in [-0.05, 0) is 12.8 Å². The van der Waals surface area contributed by atoms with Crippen LogP contribution in [0.5, 0.6) is 0 Å². The van der Waals surface area contributed by atoms with Crippen molar-refractivity contribution < 1.29 is 13.2 Å². The third-order valence-electron chi connectivity index (χ3n) is 5.14. The number of aromatic nitrogens is 1. The zero-order valence-corrected chi connectivity index (χ0v) is 17.0. The van der Waals surface area contributed by atoms with Crippen LogP contribution in [0.25, 0.3) is 0 Å². The van der Waals surface area contributed by atoms with E-state index < -0.39 is 9.84 Å². The van der Waals surface area contributed by atoms with E-state index >= 15 is 0 Å². The molecule has 0 aromatic carbocycles. The Hall–Kier alpha value is -1.19. The second kappa shape index (κ2) is 8.67. The normalized spacial score (nSPS) is 23.3. The summed E-state index contributed by atoms with van der Waals surface area (Å²) in [7, 11) is -2.98. The van der Waals surface area contributed by atoms with Gasteiger partial charge >= 0.3 is 0 Å². The van der Waals surface area contributed by atoms with E-state index in [0.29, 0.717) is 19.5 Å². The van der Waals surface area contributed by atoms with Crippen LogP contribution in [0, 0.1) is 0 Å². The van der Waals surface area contributed by atoms with Gasteiger partial charge in [0.05, 0.1) is 18.1 Å². The van der Waals surface area contributed by atoms with Crippen molar-refractivity contribution in [2.75, 3.05) is 55.7 Å². The maximum Gasteiger partial charge on any atom is 0.237 e. The minimum Gasteiger partial charge on any atom is -0.346 e. The first-order chi connectivity index (χ1) is 12.5. The fourth-order valence-corrected chi connectivity index (χ4v) is 6.04. The summed E-state index contributed by atoms with van der Waals surface area (Å²) in [5.74, 6) is 0.406. The molecule has 146 valence electrons. The van der Waals surface area contributed by atoms with Crippen LogP contribution in [-0.4, -0.2) is 85.9 Å². The molecule has 0 unspecified atom stereocenters. The molecule has 26 heavy (non-hydrogen) atoms. The Morgan fingerprint density at radius 2 is 2.12 bits per heavy atom. The number of nitrogens with zero attached hydrogens (tertiary/aromatic N) is 4. The molecule has 2 aliphatic heterocycles. The van der Waals surface area contributed by atoms with Gasteiger partial charge in [-0.25, -0.2) is 13.4 Å². The number of carbonyl (C=O) groups is 1. The van der Waals surface area contributed by atoms with Crippen molar-refractivity contribution in [2.45, 2.75) is 32.2 Å². The number of sulfone groups is 1. The average molecular weight is 401 g/mol. The third kappa shape index (κ3) is 4.95. The summed E-state index contributed by atoms with van der Waals surface area (Å²) in [4.78, 5) is 23.5. The van der Waals surface area contributed by atoms with E-state index in [4.69, 9.17) is 0 Å². The van der Waals surface area contributed by atoms with Gasteiger partial charge < -0.3 is 9.80 Å². The molecule has 0 spiro atoms. The lowest BCUT2D eigenvalue weighted by molar-refractivity contribution is -0.134. The smallest absolute Gasteiger partial charge is 0.237 e. The molecular weight excluding hydrogens is 372 g/mol. The minimum atomic E-state index is -2.98. The lowest BCUT2D eigenvalue weighted by Crippen LogP contribution is -2.52. The third-order valence-corrected chi connectivity index (χ3v) is 7.73. The zero-order chi connectivity index (χ0) is 18.6. The number of hydrogen-bond acceptors (Lipinski definition) is 7. The van der Waals surface area contributed by atoms with Crippen LogP contribution >= 0.6 is 11.3 Å². The maximum absolute atomic E-state index is 12.9. The molecule has 3 rings (SSSR count). The molecule has 2 aliphatic rings. The van der Waals surface area contributed by atoms with Crippen molar-refractivity contribution in [1.82, 2.24) is 14.8 Å². The molecule has 1 atom stereocenters. The fraction of sp³-hybridized carbons (Fsp3) is 0.765. The number of piperazine rings is 1. The molecule has 9 heteroatoms. The van der Waals surface area contributed by atoms with Gasteiger partial charge in [0.2, 0.25) is 5.91 Å². The lowest BCUT2D eigenvalue weighted by atomic mass is 10.2. The van der Waals surface area contributed by atoms with Crippen LogP contribution < -0.4 is 4.90 Å². The Labute approximate surface area is 159 Å². The molecule has 2 saturated heterocycles. The van der Waals surface area contributed by atoms with E-state index in [1.54, 1.807) is 11.3 Å². The monoisotopic (exact) mass is 400 g/mol. The van der Waals surface area contributed by atoms with Gasteiger partial charge in [0, 0.05) is 50.3 Å². The van der Waals surface area contributed by atoms with Crippen molar-refractivity contribution in [2.24, 2.45) is 0 Å². The standard InChI is InChI=1S/C17H28N4O3S2/c1-2-3-6-21(15-4-12-26(23,24)14-15)16(22)13-19-7-9-20(10-8-19)17-18-5-11-25-17/h5,11,15H,2-4,6-10,12-14H2,1H3/t15-/m1/s1. The summed E-state index contributed by atoms with van der Waals surface area (Å²) >= 11 is 1.64. The molecule has 1 amide bonds. The largest absolute Gasteiger partial charge is 0.346 e. The van der Waals surface area contributed by atoms with Crippen molar-refractivity contribution in [1.29, 1.82) is 0 Å². The molecule has 3 heterocycles. The number of thiazole rings is 1. The average Bonchev–Trinajstić information content (AvgIpc) is 3.26. The number of rotatable bonds is 7. The molecule has 0 aliphatic carbocycles.